The molecule has 150 valence electrons. The van der Waals surface area contributed by atoms with Crippen molar-refractivity contribution in [1.82, 2.24) is 9.78 Å². The molecule has 0 aliphatic rings. The fourth-order valence-electron chi connectivity index (χ4n) is 2.94. The molecule has 0 saturated heterocycles. The molecule has 0 unspecified atom stereocenters. The second-order valence-corrected chi connectivity index (χ2v) is 6.52. The van der Waals surface area contributed by atoms with Gasteiger partial charge in [-0.05, 0) is 56.3 Å². The summed E-state index contributed by atoms with van der Waals surface area (Å²) in [6.45, 7) is 4.95. The van der Waals surface area contributed by atoms with E-state index in [0.29, 0.717) is 18.9 Å². The molecule has 1 amide bonds. The van der Waals surface area contributed by atoms with Gasteiger partial charge in [0.05, 0.1) is 18.0 Å². The fourth-order valence-corrected chi connectivity index (χ4v) is 2.94. The maximum absolute atomic E-state index is 12.3. The molecule has 1 aromatic heterocycles. The van der Waals surface area contributed by atoms with Gasteiger partial charge in [-0.2, -0.15) is 5.10 Å². The molecule has 29 heavy (non-hydrogen) atoms. The zero-order valence-corrected chi connectivity index (χ0v) is 16.9. The van der Waals surface area contributed by atoms with E-state index in [0.717, 1.165) is 28.4 Å². The van der Waals surface area contributed by atoms with Gasteiger partial charge in [-0.15, -0.1) is 0 Å². The average molecular weight is 391 g/mol. The lowest BCUT2D eigenvalue weighted by molar-refractivity contribution is -0.111. The van der Waals surface area contributed by atoms with Gasteiger partial charge < -0.3 is 14.8 Å². The van der Waals surface area contributed by atoms with Crippen LogP contribution in [0, 0.1) is 13.8 Å². The predicted molar refractivity (Wildman–Crippen MR) is 115 cm³/mol. The summed E-state index contributed by atoms with van der Waals surface area (Å²) in [6.07, 6.45) is 3.32. The van der Waals surface area contributed by atoms with Crippen molar-refractivity contribution in [2.45, 2.75) is 13.8 Å². The van der Waals surface area contributed by atoms with E-state index in [1.54, 1.807) is 25.3 Å². The van der Waals surface area contributed by atoms with Crippen LogP contribution in [0.5, 0.6) is 5.75 Å². The fraction of sp³-hybridized carbons (Fsp3) is 0.217. The van der Waals surface area contributed by atoms with E-state index in [2.05, 4.69) is 10.4 Å². The van der Waals surface area contributed by atoms with E-state index in [-0.39, 0.29) is 5.91 Å². The molecule has 3 rings (SSSR count). The zero-order chi connectivity index (χ0) is 20.6. The van der Waals surface area contributed by atoms with Crippen LogP contribution in [0.1, 0.15) is 17.0 Å². The summed E-state index contributed by atoms with van der Waals surface area (Å²) in [7, 11) is 1.63. The number of aryl methyl sites for hydroxylation is 1. The number of hydrogen-bond donors (Lipinski definition) is 1. The highest BCUT2D eigenvalue weighted by atomic mass is 16.5. The minimum atomic E-state index is -0.204. The number of rotatable bonds is 8. The van der Waals surface area contributed by atoms with E-state index in [4.69, 9.17) is 9.47 Å². The summed E-state index contributed by atoms with van der Waals surface area (Å²) in [5.41, 5.74) is 4.48. The Morgan fingerprint density at radius 2 is 1.79 bits per heavy atom. The first-order chi connectivity index (χ1) is 14.1. The maximum Gasteiger partial charge on any atom is 0.248 e. The Morgan fingerprint density at radius 1 is 1.07 bits per heavy atom. The third-order valence-corrected chi connectivity index (χ3v) is 4.43. The molecular weight excluding hydrogens is 366 g/mol. The lowest BCUT2D eigenvalue weighted by Gasteiger charge is -2.07. The first kappa shape index (κ1) is 20.4. The van der Waals surface area contributed by atoms with E-state index in [1.165, 1.54) is 6.08 Å². The first-order valence-corrected chi connectivity index (χ1v) is 9.41. The highest BCUT2D eigenvalue weighted by molar-refractivity contribution is 6.02. The van der Waals surface area contributed by atoms with Crippen molar-refractivity contribution in [2.75, 3.05) is 25.6 Å². The molecule has 0 aliphatic carbocycles. The van der Waals surface area contributed by atoms with Crippen LogP contribution in [-0.2, 0) is 9.53 Å². The topological polar surface area (TPSA) is 65.4 Å². The number of anilines is 1. The number of nitrogens with zero attached hydrogens (tertiary/aromatic N) is 2. The van der Waals surface area contributed by atoms with Crippen LogP contribution in [0.3, 0.4) is 0 Å². The molecule has 0 aliphatic heterocycles. The Hall–Kier alpha value is -3.38. The summed E-state index contributed by atoms with van der Waals surface area (Å²) in [6, 6.07) is 17.2. The van der Waals surface area contributed by atoms with Gasteiger partial charge in [-0.3, -0.25) is 4.79 Å². The lowest BCUT2D eigenvalue weighted by atomic mass is 10.2. The normalized spacial score (nSPS) is 11.0. The molecule has 0 saturated carbocycles. The van der Waals surface area contributed by atoms with E-state index >= 15 is 0 Å². The quantitative estimate of drug-likeness (QED) is 0.462. The Bertz CT molecular complexity index is 977. The molecule has 6 nitrogen and oxygen atoms in total. The summed E-state index contributed by atoms with van der Waals surface area (Å²) in [5, 5.41) is 7.44. The van der Waals surface area contributed by atoms with Crippen LogP contribution in [0.25, 0.3) is 11.8 Å². The molecular formula is C23H25N3O3. The van der Waals surface area contributed by atoms with Gasteiger partial charge in [0.1, 0.15) is 12.4 Å². The second kappa shape index (κ2) is 9.71. The SMILES string of the molecule is COCCOc1ccc(NC(=O)/C=C/c2c(C)nn(-c3ccccc3)c2C)cc1. The minimum Gasteiger partial charge on any atom is -0.491 e. The van der Waals surface area contributed by atoms with Crippen LogP contribution >= 0.6 is 0 Å². The lowest BCUT2D eigenvalue weighted by Crippen LogP contribution is -2.08. The third-order valence-electron chi connectivity index (χ3n) is 4.43. The number of aromatic nitrogens is 2. The Labute approximate surface area is 170 Å². The van der Waals surface area contributed by atoms with Crippen LogP contribution in [-0.4, -0.2) is 36.0 Å². The minimum absolute atomic E-state index is 0.204. The first-order valence-electron chi connectivity index (χ1n) is 9.41. The van der Waals surface area contributed by atoms with Crippen molar-refractivity contribution < 1.29 is 14.3 Å². The van der Waals surface area contributed by atoms with Gasteiger partial charge in [0.25, 0.3) is 0 Å². The van der Waals surface area contributed by atoms with Crippen LogP contribution in [0.4, 0.5) is 5.69 Å². The van der Waals surface area contributed by atoms with Gasteiger partial charge in [-0.1, -0.05) is 18.2 Å². The zero-order valence-electron chi connectivity index (χ0n) is 16.9. The number of amides is 1. The van der Waals surface area contributed by atoms with E-state index in [9.17, 15) is 4.79 Å². The molecule has 0 atom stereocenters. The van der Waals surface area contributed by atoms with E-state index in [1.807, 2.05) is 61.0 Å². The largest absolute Gasteiger partial charge is 0.491 e. The van der Waals surface area contributed by atoms with Gasteiger partial charge in [-0.25, -0.2) is 4.68 Å². The number of methoxy groups -OCH3 is 1. The van der Waals surface area contributed by atoms with Crippen molar-refractivity contribution in [3.8, 4) is 11.4 Å². The molecule has 0 fully saturated rings. The summed E-state index contributed by atoms with van der Waals surface area (Å²) in [5.74, 6) is 0.527. The Kier molecular flexibility index (Phi) is 6.81. The van der Waals surface area contributed by atoms with Crippen LogP contribution < -0.4 is 10.1 Å². The average Bonchev–Trinajstić information content (AvgIpc) is 3.02. The van der Waals surface area contributed by atoms with Gasteiger partial charge >= 0.3 is 0 Å². The number of nitrogens with one attached hydrogen (secondary N) is 1. The maximum atomic E-state index is 12.3. The van der Waals surface area contributed by atoms with Gasteiger partial charge in [0.2, 0.25) is 5.91 Å². The van der Waals surface area contributed by atoms with Gasteiger partial charge in [0, 0.05) is 30.1 Å². The van der Waals surface area contributed by atoms with Crippen LogP contribution in [0.15, 0.2) is 60.7 Å². The van der Waals surface area contributed by atoms with Crippen molar-refractivity contribution in [1.29, 1.82) is 0 Å². The van der Waals surface area contributed by atoms with Crippen LogP contribution in [0.2, 0.25) is 0 Å². The number of para-hydroxylation sites is 1. The predicted octanol–water partition coefficient (Wildman–Crippen LogP) is 4.17. The Balaban J connectivity index is 1.64. The molecule has 0 spiro atoms. The number of benzene rings is 2. The van der Waals surface area contributed by atoms with Crippen molar-refractivity contribution in [3.05, 3.63) is 77.6 Å². The van der Waals surface area contributed by atoms with Crippen molar-refractivity contribution >= 4 is 17.7 Å². The summed E-state index contributed by atoms with van der Waals surface area (Å²) < 4.78 is 12.4. The number of carbonyl (C=O) groups is 1. The number of hydrogen-bond acceptors (Lipinski definition) is 4. The number of carbonyl (C=O) groups excluding carboxylic acids is 1. The summed E-state index contributed by atoms with van der Waals surface area (Å²) >= 11 is 0. The van der Waals surface area contributed by atoms with Crippen molar-refractivity contribution in [3.63, 3.8) is 0 Å². The molecule has 0 bridgehead atoms. The monoisotopic (exact) mass is 391 g/mol. The smallest absolute Gasteiger partial charge is 0.248 e. The second-order valence-electron chi connectivity index (χ2n) is 6.52. The third kappa shape index (κ3) is 5.33. The molecule has 1 heterocycles. The highest BCUT2D eigenvalue weighted by Crippen LogP contribution is 2.19. The highest BCUT2D eigenvalue weighted by Gasteiger charge is 2.10. The molecule has 2 aromatic carbocycles. The molecule has 3 aromatic rings. The summed E-state index contributed by atoms with van der Waals surface area (Å²) in [4.78, 5) is 12.3. The van der Waals surface area contributed by atoms with E-state index < -0.39 is 0 Å². The molecule has 0 radical (unpaired) electrons. The Morgan fingerprint density at radius 3 is 2.48 bits per heavy atom. The standard InChI is InChI=1S/C23H25N3O3/c1-17-22(18(2)26(25-17)20-7-5-4-6-8-20)13-14-23(27)24-19-9-11-21(12-10-19)29-16-15-28-3/h4-14H,15-16H2,1-3H3,(H,24,27)/b14-13+. The molecule has 6 heteroatoms. The number of ether oxygens (including phenoxy) is 2. The van der Waals surface area contributed by atoms with Gasteiger partial charge in [0.15, 0.2) is 0 Å². The van der Waals surface area contributed by atoms with Crippen molar-refractivity contribution in [2.24, 2.45) is 0 Å². The molecule has 1 N–H and O–H groups in total.